The van der Waals surface area contributed by atoms with Crippen LogP contribution in [0.2, 0.25) is 0 Å². The molecule has 0 radical (unpaired) electrons. The van der Waals surface area contributed by atoms with Crippen molar-refractivity contribution in [2.45, 2.75) is 19.6 Å². The monoisotopic (exact) mass is 1540 g/mol. The van der Waals surface area contributed by atoms with Crippen molar-refractivity contribution in [1.82, 2.24) is 0 Å². The van der Waals surface area contributed by atoms with Crippen LogP contribution < -0.4 is 34.1 Å². The lowest BCUT2D eigenvalue weighted by atomic mass is 9.85. The molecular formula is C96H55N3O14S2. The van der Waals surface area contributed by atoms with Crippen LogP contribution in [0, 0.1) is 0 Å². The minimum atomic E-state index is -3.95. The number of nitrogens with one attached hydrogen (secondary N) is 1. The number of nitrogens with zero attached hydrogens (tertiary/aromatic N) is 2. The van der Waals surface area contributed by atoms with E-state index in [2.05, 4.69) is 78.1 Å². The number of ether oxygens (including phenoxy) is 4. The van der Waals surface area contributed by atoms with E-state index in [-0.39, 0.29) is 87.0 Å². The first-order valence-electron chi connectivity index (χ1n) is 36.5. The highest BCUT2D eigenvalue weighted by Gasteiger charge is 2.41. The molecule has 0 saturated carbocycles. The SMILES string of the molecule is O=C(Oc1ccc2ccc3cccc4ccc1c2c34)c1ccccc1Nc1ccccc1C(=O)Oc1ccc2ccc3cccc4ccc1c2c34.O=C1c2ccc3c4c5ccc(c24)C(=O)N1c1cccc(c1)Oc1ccc(cc1)S(=O)(=O)c1ccc(cc1)-c1ccc(cc1)S(=O)(=O)c1ccc(cc1)Oc1cccc(c1)N(C3=O)C5=O. The van der Waals surface area contributed by atoms with E-state index < -0.39 is 55.2 Å². The van der Waals surface area contributed by atoms with Crippen molar-refractivity contribution < 1.29 is 64.6 Å². The number of para-hydroxylation sites is 2. The number of imide groups is 2. The second-order valence-electron chi connectivity index (χ2n) is 28.0. The van der Waals surface area contributed by atoms with Gasteiger partial charge in [-0.05, 0) is 224 Å². The molecule has 1 N–H and O–H groups in total. The Bertz CT molecular complexity index is 6930. The Morgan fingerprint density at radius 2 is 0.600 bits per heavy atom. The Kier molecular flexibility index (Phi) is 16.1. The molecule has 0 fully saturated rings. The van der Waals surface area contributed by atoms with Crippen molar-refractivity contribution in [3.8, 4) is 45.6 Å². The number of rotatable bonds is 6. The summed E-state index contributed by atoms with van der Waals surface area (Å²) >= 11 is 0. The van der Waals surface area contributed by atoms with E-state index in [0.29, 0.717) is 45.1 Å². The van der Waals surface area contributed by atoms with Crippen LogP contribution in [0.3, 0.4) is 0 Å². The third kappa shape index (κ3) is 11.6. The summed E-state index contributed by atoms with van der Waals surface area (Å²) in [5.41, 5.74) is 3.87. The van der Waals surface area contributed by atoms with Crippen LogP contribution in [-0.2, 0) is 19.7 Å². The molecule has 18 aromatic rings. The summed E-state index contributed by atoms with van der Waals surface area (Å²) in [6.07, 6.45) is 0. The summed E-state index contributed by atoms with van der Waals surface area (Å²) < 4.78 is 79.0. The standard InChI is InChI=1S/C50H28N2O10S2.C46H27NO4/c53-47-41-23-25-43-46-44-26-24-42(45(41)46)48(54)51(47)31-3-1-5-35(27-31)61-33-11-19-39(20-12-33)63(57,58)37-15-7-29(8-16-37)30-9-17-38(18-10-30)64(59,60)40-21-13-34(14-22-40)62-36-6-2-4-32(28-36)52(49(43)55)50(44)56;48-45(50-39-25-21-31-17-15-27-7-5-9-29-19-23-35(39)43(31)41(27)29)33-11-1-3-13-37(33)47-38-14-4-2-12-34(38)46(49)51-40-26-22-32-18-16-28-8-6-10-30-20-24-36(40)44(32)42(28)30/h1-28H;1-26,47H. The van der Waals surface area contributed by atoms with Gasteiger partial charge in [-0.1, -0.05) is 146 Å². The largest absolute Gasteiger partial charge is 0.457 e. The fraction of sp³-hybridized carbons (Fsp3) is 0. The zero-order valence-electron chi connectivity index (χ0n) is 60.1. The molecule has 18 aliphatic heterocycles. The van der Waals surface area contributed by atoms with Crippen molar-refractivity contribution in [3.05, 3.63) is 361 Å². The molecule has 550 valence electrons. The number of esters is 2. The summed E-state index contributed by atoms with van der Waals surface area (Å²) in [5, 5.41) is 16.6. The zero-order valence-corrected chi connectivity index (χ0v) is 61.7. The number of benzene rings is 18. The predicted molar refractivity (Wildman–Crippen MR) is 441 cm³/mol. The van der Waals surface area contributed by atoms with Crippen molar-refractivity contribution in [2.75, 3.05) is 15.1 Å². The van der Waals surface area contributed by atoms with Gasteiger partial charge in [-0.2, -0.15) is 0 Å². The molecule has 0 spiro atoms. The van der Waals surface area contributed by atoms with E-state index in [0.717, 1.165) is 74.4 Å². The maximum atomic E-state index is 14.2. The third-order valence-corrected chi connectivity index (χ3v) is 25.0. The summed E-state index contributed by atoms with van der Waals surface area (Å²) in [5.74, 6) is -1.66. The van der Waals surface area contributed by atoms with Gasteiger partial charge in [0, 0.05) is 66.7 Å². The molecule has 18 heterocycles. The Hall–Kier alpha value is -15.2. The Balaban J connectivity index is 0.000000152. The van der Waals surface area contributed by atoms with E-state index in [4.69, 9.17) is 18.9 Å². The van der Waals surface area contributed by atoms with Gasteiger partial charge in [0.25, 0.3) is 23.6 Å². The van der Waals surface area contributed by atoms with Crippen LogP contribution in [-0.4, -0.2) is 52.4 Å². The molecule has 36 rings (SSSR count). The summed E-state index contributed by atoms with van der Waals surface area (Å²) in [4.78, 5) is 86.8. The van der Waals surface area contributed by atoms with Crippen LogP contribution in [0.5, 0.6) is 34.5 Å². The third-order valence-electron chi connectivity index (χ3n) is 21.4. The van der Waals surface area contributed by atoms with E-state index in [1.54, 1.807) is 97.1 Å². The minimum absolute atomic E-state index is 0.0148. The molecule has 0 saturated heterocycles. The van der Waals surface area contributed by atoms with Crippen molar-refractivity contribution in [2.24, 2.45) is 0 Å². The molecular weight excluding hydrogens is 1480 g/mol. The smallest absolute Gasteiger partial charge is 0.345 e. The van der Waals surface area contributed by atoms with Gasteiger partial charge in [0.15, 0.2) is 0 Å². The lowest BCUT2D eigenvalue weighted by molar-refractivity contribution is 0.0729. The van der Waals surface area contributed by atoms with E-state index in [1.807, 2.05) is 48.5 Å². The first-order chi connectivity index (χ1) is 56.0. The number of hydrogen-bond acceptors (Lipinski definition) is 15. The van der Waals surface area contributed by atoms with Gasteiger partial charge in [-0.15, -0.1) is 0 Å². The van der Waals surface area contributed by atoms with Crippen molar-refractivity contribution in [3.63, 3.8) is 0 Å². The Morgan fingerprint density at radius 1 is 0.287 bits per heavy atom. The Morgan fingerprint density at radius 3 is 0.965 bits per heavy atom. The molecule has 4 amide bonds. The second-order valence-corrected chi connectivity index (χ2v) is 31.9. The Labute approximate surface area is 655 Å². The fourth-order valence-corrected chi connectivity index (χ4v) is 18.4. The first kappa shape index (κ1) is 69.0. The molecule has 17 nitrogen and oxygen atoms in total. The maximum absolute atomic E-state index is 14.2. The van der Waals surface area contributed by atoms with Crippen LogP contribution in [0.25, 0.3) is 86.5 Å². The predicted octanol–water partition coefficient (Wildman–Crippen LogP) is 21.3. The van der Waals surface area contributed by atoms with Crippen molar-refractivity contribution >= 4 is 153 Å². The van der Waals surface area contributed by atoms with E-state index in [9.17, 15) is 45.6 Å². The minimum Gasteiger partial charge on any atom is -0.457 e. The fourth-order valence-electron chi connectivity index (χ4n) is 15.9. The van der Waals surface area contributed by atoms with Crippen LogP contribution in [0.4, 0.5) is 22.7 Å². The lowest BCUT2D eigenvalue weighted by Crippen LogP contribution is -2.43. The number of anilines is 4. The summed E-state index contributed by atoms with van der Waals surface area (Å²) in [6.45, 7) is 0. The quantitative estimate of drug-likeness (QED) is 0.0707. The van der Waals surface area contributed by atoms with Crippen LogP contribution >= 0.6 is 0 Å². The topological polar surface area (TPSA) is 226 Å². The average Bonchev–Trinajstić information content (AvgIpc) is 0.703. The molecule has 115 heavy (non-hydrogen) atoms. The molecule has 18 aromatic carbocycles. The van der Waals surface area contributed by atoms with Gasteiger partial charge in [-0.3, -0.25) is 19.2 Å². The van der Waals surface area contributed by atoms with Crippen LogP contribution in [0.15, 0.2) is 347 Å². The highest BCUT2D eigenvalue weighted by Crippen LogP contribution is 2.45. The second kappa shape index (κ2) is 26.8. The molecule has 0 atom stereocenters. The molecule has 18 aliphatic rings. The maximum Gasteiger partial charge on any atom is 0.345 e. The zero-order chi connectivity index (χ0) is 78.1. The number of carbonyl (C=O) groups excluding carboxylic acids is 6. The number of sulfone groups is 2. The van der Waals surface area contributed by atoms with Gasteiger partial charge in [0.1, 0.15) is 34.5 Å². The molecule has 19 heteroatoms. The highest BCUT2D eigenvalue weighted by molar-refractivity contribution is 7.91. The van der Waals surface area contributed by atoms with Crippen LogP contribution in [0.1, 0.15) is 62.1 Å². The molecule has 20 bridgehead atoms. The van der Waals surface area contributed by atoms with Crippen molar-refractivity contribution in [1.29, 1.82) is 0 Å². The summed E-state index contributed by atoms with van der Waals surface area (Å²) in [7, 11) is -7.91. The summed E-state index contributed by atoms with van der Waals surface area (Å²) in [6, 6.07) is 93.6. The number of hydrogen-bond donors (Lipinski definition) is 1. The molecule has 0 aliphatic carbocycles. The van der Waals surface area contributed by atoms with Gasteiger partial charge in [-0.25, -0.2) is 36.2 Å². The highest BCUT2D eigenvalue weighted by atomic mass is 32.2. The average molecular weight is 1540 g/mol. The normalized spacial score (nSPS) is 13.9. The molecule has 0 unspecified atom stereocenters. The number of amides is 4. The first-order valence-corrected chi connectivity index (χ1v) is 39.5. The van der Waals surface area contributed by atoms with Gasteiger partial charge >= 0.3 is 11.9 Å². The molecule has 0 aromatic heterocycles. The van der Waals surface area contributed by atoms with Gasteiger partial charge in [0.2, 0.25) is 19.7 Å². The van der Waals surface area contributed by atoms with Gasteiger partial charge in [0.05, 0.1) is 53.5 Å². The lowest BCUT2D eigenvalue weighted by Gasteiger charge is -2.32. The van der Waals surface area contributed by atoms with E-state index >= 15 is 0 Å². The van der Waals surface area contributed by atoms with Gasteiger partial charge < -0.3 is 24.3 Å². The number of carbonyl (C=O) groups is 6. The van der Waals surface area contributed by atoms with E-state index in [1.165, 1.54) is 109 Å².